The molecule has 3 N–H and O–H groups in total. The SMILES string of the molecule is C.C.C.CC(C)NCC[N+]1(C)CCOC(=O)C1.CC(C)OCC[N+]1(C)CCOC(=O)C1.CC(C)OCC[NH+]1CCOC(=O)C1.CCC[N+]1(CCNC(C)C)CCOC(=O)C1.CCC[N+]1(CCOC(C)C)CCOC(=O)C1.[CH3-].[CH3-]. The third-order valence-corrected chi connectivity index (χ3v) is 13.3. The molecule has 0 aromatic carbocycles. The maximum Gasteiger partial charge on any atom is 0.362 e. The lowest BCUT2D eigenvalue weighted by atomic mass is 10.2. The van der Waals surface area contributed by atoms with E-state index in [0.29, 0.717) is 84.4 Å². The number of morpholine rings is 5. The number of ether oxygens (including phenoxy) is 8. The molecule has 468 valence electrons. The van der Waals surface area contributed by atoms with E-state index in [1.54, 1.807) is 0 Å². The Morgan fingerprint density at radius 1 is 0.462 bits per heavy atom. The van der Waals surface area contributed by atoms with Crippen molar-refractivity contribution in [3.05, 3.63) is 14.9 Å². The Balaban J connectivity index is -0.000000281. The van der Waals surface area contributed by atoms with Gasteiger partial charge in [-0.3, -0.25) is 0 Å². The highest BCUT2D eigenvalue weighted by molar-refractivity contribution is 5.72. The van der Waals surface area contributed by atoms with Gasteiger partial charge in [0.2, 0.25) is 0 Å². The van der Waals surface area contributed by atoms with Gasteiger partial charge in [-0.2, -0.15) is 0 Å². The first-order valence-electron chi connectivity index (χ1n) is 27.7. The quantitative estimate of drug-likeness (QED) is 0.0544. The molecule has 5 aliphatic heterocycles. The topological polar surface area (TPSA) is 188 Å². The molecule has 0 aliphatic carbocycles. The van der Waals surface area contributed by atoms with Gasteiger partial charge >= 0.3 is 29.8 Å². The fourth-order valence-corrected chi connectivity index (χ4v) is 8.96. The van der Waals surface area contributed by atoms with Gasteiger partial charge in [0.05, 0.1) is 78.4 Å². The summed E-state index contributed by atoms with van der Waals surface area (Å²) in [5.74, 6) is -0.356. The predicted octanol–water partition coefficient (Wildman–Crippen LogP) is 4.03. The molecule has 5 heterocycles. The summed E-state index contributed by atoms with van der Waals surface area (Å²) in [6, 6.07) is 1.02. The fourth-order valence-electron chi connectivity index (χ4n) is 8.96. The van der Waals surface area contributed by atoms with Crippen LogP contribution in [-0.4, -0.2) is 269 Å². The molecule has 0 aromatic heterocycles. The first-order chi connectivity index (χ1) is 34.4. The zero-order valence-electron chi connectivity index (χ0n) is 50.5. The Bertz CT molecular complexity index is 1460. The van der Waals surface area contributed by atoms with Crippen molar-refractivity contribution in [3.63, 3.8) is 0 Å². The van der Waals surface area contributed by atoms with E-state index in [1.165, 1.54) is 4.90 Å². The second-order valence-corrected chi connectivity index (χ2v) is 22.3. The lowest BCUT2D eigenvalue weighted by Crippen LogP contribution is -3.15. The number of nitrogens with zero attached hydrogens (tertiary/aromatic N) is 4. The standard InChI is InChI=1S/C12H25N2O2.C12H24NO3.C10H21N2O2.C10H20NO3.C9H17NO3.3CH4.2CH3/c1-4-6-14(7-5-13-11(2)3)8-9-16-12(15)10-14;1-4-5-13(6-8-15-11(2)3)7-9-16-12(14)10-13;1-9(2)11-4-5-12(3)6-7-14-10(13)8-12;1-9(2)13-6-4-11(3)5-7-14-10(12)8-11;1-8(2)12-5-3-10-4-6-13-9(11)7-10;;;;;/h11,13H,4-10H2,1-3H3;11H,4-10H2,1-3H3;9,11H,4-8H2,1-3H3;9H,4-8H2,1-3H3;8H,3-7H2,1-2H3;3*1H4;2*1H3/q4*+1;;;;;2*-1/p+1. The van der Waals surface area contributed by atoms with Crippen molar-refractivity contribution in [1.82, 2.24) is 10.6 Å². The number of hydrogen-bond donors (Lipinski definition) is 3. The molecule has 0 bridgehead atoms. The van der Waals surface area contributed by atoms with E-state index in [-0.39, 0.29) is 85.3 Å². The Kier molecular flexibility index (Phi) is 48.9. The van der Waals surface area contributed by atoms with Crippen LogP contribution in [0.1, 0.15) is 118 Å². The Hall–Kier alpha value is -3.05. The second kappa shape index (κ2) is 45.6. The summed E-state index contributed by atoms with van der Waals surface area (Å²) in [5, 5.41) is 6.79. The molecule has 20 heteroatoms. The van der Waals surface area contributed by atoms with Crippen LogP contribution >= 0.6 is 0 Å². The molecule has 5 aliphatic rings. The van der Waals surface area contributed by atoms with Crippen molar-refractivity contribution in [1.29, 1.82) is 0 Å². The molecule has 0 aromatic rings. The monoisotopic (exact) mass is 1130 g/mol. The number of rotatable bonds is 24. The van der Waals surface area contributed by atoms with Crippen molar-refractivity contribution in [2.75, 3.05) is 191 Å². The smallest absolute Gasteiger partial charge is 0.362 e. The van der Waals surface area contributed by atoms with Crippen LogP contribution in [0.5, 0.6) is 0 Å². The van der Waals surface area contributed by atoms with Crippen molar-refractivity contribution in [3.8, 4) is 0 Å². The third kappa shape index (κ3) is 40.2. The molecule has 5 saturated heterocycles. The van der Waals surface area contributed by atoms with Gasteiger partial charge in [-0.05, 0) is 54.4 Å². The average Bonchev–Trinajstić information content (AvgIpc) is 3.27. The van der Waals surface area contributed by atoms with Crippen LogP contribution in [-0.2, 0) is 61.9 Å². The van der Waals surface area contributed by atoms with Gasteiger partial charge in [0.1, 0.15) is 85.4 Å². The van der Waals surface area contributed by atoms with Crippen molar-refractivity contribution >= 4 is 29.8 Å². The number of quaternary nitrogens is 5. The number of nitrogens with one attached hydrogen (secondary N) is 3. The first-order valence-corrected chi connectivity index (χ1v) is 27.7. The Labute approximate surface area is 478 Å². The van der Waals surface area contributed by atoms with Crippen LogP contribution < -0.4 is 15.5 Å². The molecule has 5 atom stereocenters. The van der Waals surface area contributed by atoms with E-state index in [1.807, 2.05) is 41.5 Å². The number of carbonyl (C=O) groups excluding carboxylic acids is 5. The summed E-state index contributed by atoms with van der Waals surface area (Å²) < 4.78 is 44.5. The largest absolute Gasteiger partial charge is 0.456 e. The molecule has 5 rings (SSSR count). The van der Waals surface area contributed by atoms with Crippen molar-refractivity contribution in [2.45, 2.75) is 149 Å². The molecule has 5 unspecified atom stereocenters. The van der Waals surface area contributed by atoms with E-state index >= 15 is 0 Å². The average molecular weight is 1130 g/mol. The molecule has 0 amide bonds. The normalized spacial score (nSPS) is 24.5. The lowest BCUT2D eigenvalue weighted by Gasteiger charge is -2.40. The predicted molar refractivity (Wildman–Crippen MR) is 315 cm³/mol. The Morgan fingerprint density at radius 2 is 0.821 bits per heavy atom. The minimum absolute atomic E-state index is 0. The summed E-state index contributed by atoms with van der Waals surface area (Å²) >= 11 is 0. The molecular formula is C58H126N7O13+3. The lowest BCUT2D eigenvalue weighted by molar-refractivity contribution is -0.926. The van der Waals surface area contributed by atoms with Crippen molar-refractivity contribution < 1.29 is 84.7 Å². The van der Waals surface area contributed by atoms with Gasteiger partial charge in [-0.15, -0.1) is 0 Å². The maximum atomic E-state index is 11.4. The number of carbonyl (C=O) groups is 5. The van der Waals surface area contributed by atoms with E-state index in [0.717, 1.165) is 136 Å². The number of esters is 5. The molecule has 0 radical (unpaired) electrons. The molecular weight excluding hydrogens is 1000 g/mol. The fraction of sp³-hybridized carbons (Fsp3) is 0.879. The maximum absolute atomic E-state index is 11.4. The van der Waals surface area contributed by atoms with Crippen LogP contribution in [0.4, 0.5) is 0 Å². The zero-order chi connectivity index (χ0) is 54.9. The number of likely N-dealkylation sites (N-methyl/N-ethyl adjacent to an activating group) is 2. The molecule has 0 saturated carbocycles. The number of hydrogen-bond acceptors (Lipinski definition) is 15. The minimum atomic E-state index is -0.0942. The summed E-state index contributed by atoms with van der Waals surface area (Å²) in [6.45, 7) is 45.9. The van der Waals surface area contributed by atoms with Gasteiger partial charge in [0.15, 0.2) is 32.7 Å². The third-order valence-electron chi connectivity index (χ3n) is 13.3. The summed E-state index contributed by atoms with van der Waals surface area (Å²) in [5.41, 5.74) is 0. The van der Waals surface area contributed by atoms with Gasteiger partial charge in [-0.25, -0.2) is 24.0 Å². The van der Waals surface area contributed by atoms with Gasteiger partial charge in [-0.1, -0.05) is 63.8 Å². The molecule has 0 spiro atoms. The van der Waals surface area contributed by atoms with E-state index < -0.39 is 0 Å². The van der Waals surface area contributed by atoms with Gasteiger partial charge < -0.3 is 86.2 Å². The van der Waals surface area contributed by atoms with Crippen LogP contribution in [0, 0.1) is 14.9 Å². The minimum Gasteiger partial charge on any atom is -0.456 e. The number of cyclic esters (lactones) is 5. The van der Waals surface area contributed by atoms with Crippen LogP contribution in [0.25, 0.3) is 0 Å². The summed E-state index contributed by atoms with van der Waals surface area (Å²) in [7, 11) is 4.19. The Morgan fingerprint density at radius 3 is 1.21 bits per heavy atom. The van der Waals surface area contributed by atoms with Crippen molar-refractivity contribution in [2.24, 2.45) is 0 Å². The van der Waals surface area contributed by atoms with E-state index in [2.05, 4.69) is 66.3 Å². The highest BCUT2D eigenvalue weighted by Crippen LogP contribution is 2.15. The summed E-state index contributed by atoms with van der Waals surface area (Å²) in [6.07, 6.45) is 3.01. The summed E-state index contributed by atoms with van der Waals surface area (Å²) in [4.78, 5) is 57.1. The second-order valence-electron chi connectivity index (χ2n) is 22.3. The molecule has 5 fully saturated rings. The van der Waals surface area contributed by atoms with Gasteiger partial charge in [0, 0.05) is 25.2 Å². The highest BCUT2D eigenvalue weighted by Gasteiger charge is 2.36. The van der Waals surface area contributed by atoms with Crippen LogP contribution in [0.3, 0.4) is 0 Å². The molecule has 20 nitrogen and oxygen atoms in total. The highest BCUT2D eigenvalue weighted by atomic mass is 16.6. The zero-order valence-corrected chi connectivity index (χ0v) is 50.5. The first kappa shape index (κ1) is 83.8. The van der Waals surface area contributed by atoms with Crippen LogP contribution in [0.2, 0.25) is 0 Å². The van der Waals surface area contributed by atoms with Gasteiger partial charge in [0.25, 0.3) is 0 Å². The van der Waals surface area contributed by atoms with Crippen LogP contribution in [0.15, 0.2) is 0 Å². The van der Waals surface area contributed by atoms with E-state index in [9.17, 15) is 24.0 Å². The van der Waals surface area contributed by atoms with E-state index in [4.69, 9.17) is 37.9 Å². The molecule has 78 heavy (non-hydrogen) atoms.